The molecule has 1 N–H and O–H groups in total. The lowest BCUT2D eigenvalue weighted by Crippen LogP contribution is -2.36. The number of rotatable bonds is 6. The third-order valence-corrected chi connectivity index (χ3v) is 4.84. The number of hydrogen-bond donors (Lipinski definition) is 1. The maximum atomic E-state index is 12.9. The van der Waals surface area contributed by atoms with E-state index in [-0.39, 0.29) is 29.9 Å². The van der Waals surface area contributed by atoms with E-state index in [9.17, 15) is 14.0 Å². The quantitative estimate of drug-likeness (QED) is 0.635. The first kappa shape index (κ1) is 19.7. The van der Waals surface area contributed by atoms with Crippen molar-refractivity contribution in [2.75, 3.05) is 24.7 Å². The molecule has 28 heavy (non-hydrogen) atoms. The van der Waals surface area contributed by atoms with E-state index in [1.165, 1.54) is 40.9 Å². The Morgan fingerprint density at radius 1 is 1.21 bits per heavy atom. The number of halogens is 1. The van der Waals surface area contributed by atoms with Gasteiger partial charge in [0, 0.05) is 24.1 Å². The topological polar surface area (TPSA) is 92.5 Å². The van der Waals surface area contributed by atoms with Crippen LogP contribution < -0.4 is 5.32 Å². The Hall–Kier alpha value is -3.01. The number of nitrogens with zero attached hydrogens (tertiary/aromatic N) is 5. The van der Waals surface area contributed by atoms with Crippen molar-refractivity contribution in [2.24, 2.45) is 0 Å². The van der Waals surface area contributed by atoms with Crippen LogP contribution in [0.15, 0.2) is 35.5 Å². The molecule has 2 heterocycles. The molecule has 3 rings (SSSR count). The molecule has 0 fully saturated rings. The number of amides is 2. The Labute approximate surface area is 165 Å². The predicted octanol–water partition coefficient (Wildman–Crippen LogP) is 2.07. The van der Waals surface area contributed by atoms with Crippen molar-refractivity contribution in [3.8, 4) is 0 Å². The normalized spacial score (nSPS) is 10.9. The van der Waals surface area contributed by atoms with Crippen molar-refractivity contribution in [2.45, 2.75) is 19.0 Å². The van der Waals surface area contributed by atoms with Crippen LogP contribution in [0.3, 0.4) is 0 Å². The summed E-state index contributed by atoms with van der Waals surface area (Å²) in [7, 11) is 1.55. The molecule has 0 aliphatic carbocycles. The molecule has 146 valence electrons. The van der Waals surface area contributed by atoms with Gasteiger partial charge in [0.25, 0.3) is 5.78 Å². The van der Waals surface area contributed by atoms with E-state index in [1.54, 1.807) is 11.4 Å². The number of anilines is 1. The van der Waals surface area contributed by atoms with Crippen molar-refractivity contribution in [3.63, 3.8) is 0 Å². The van der Waals surface area contributed by atoms with Crippen LogP contribution in [0.5, 0.6) is 0 Å². The molecular formula is C18H19FN6O2S. The molecule has 0 bridgehead atoms. The summed E-state index contributed by atoms with van der Waals surface area (Å²) in [5.41, 5.74) is 2.24. The Kier molecular flexibility index (Phi) is 5.88. The fourth-order valence-electron chi connectivity index (χ4n) is 2.57. The van der Waals surface area contributed by atoms with Crippen LogP contribution in [0.2, 0.25) is 0 Å². The zero-order valence-corrected chi connectivity index (χ0v) is 16.5. The van der Waals surface area contributed by atoms with Gasteiger partial charge in [-0.05, 0) is 44.2 Å². The van der Waals surface area contributed by atoms with Gasteiger partial charge >= 0.3 is 0 Å². The van der Waals surface area contributed by atoms with E-state index in [0.717, 1.165) is 11.4 Å². The Balaban J connectivity index is 1.56. The molecule has 10 heteroatoms. The van der Waals surface area contributed by atoms with Gasteiger partial charge in [-0.25, -0.2) is 9.37 Å². The number of benzene rings is 1. The Morgan fingerprint density at radius 3 is 2.64 bits per heavy atom. The molecule has 0 saturated carbocycles. The molecule has 0 spiro atoms. The molecule has 0 atom stereocenters. The molecule has 2 amide bonds. The predicted molar refractivity (Wildman–Crippen MR) is 104 cm³/mol. The molecule has 0 saturated heterocycles. The van der Waals surface area contributed by atoms with Gasteiger partial charge in [0.15, 0.2) is 5.16 Å². The second-order valence-electron chi connectivity index (χ2n) is 6.25. The van der Waals surface area contributed by atoms with Gasteiger partial charge in [-0.3, -0.25) is 14.0 Å². The first-order valence-electron chi connectivity index (χ1n) is 8.45. The minimum absolute atomic E-state index is 0.106. The SMILES string of the molecule is Cc1cc(C)n2c(SCC(=O)N(C)CC(=O)Nc3ccc(F)cc3)nnc2n1. The lowest BCUT2D eigenvalue weighted by molar-refractivity contribution is -0.131. The van der Waals surface area contributed by atoms with Crippen molar-refractivity contribution >= 4 is 35.0 Å². The largest absolute Gasteiger partial charge is 0.336 e. The molecule has 1 aromatic carbocycles. The van der Waals surface area contributed by atoms with Crippen molar-refractivity contribution in [1.82, 2.24) is 24.5 Å². The summed E-state index contributed by atoms with van der Waals surface area (Å²) in [6.45, 7) is 3.68. The van der Waals surface area contributed by atoms with Gasteiger partial charge in [-0.15, -0.1) is 10.2 Å². The van der Waals surface area contributed by atoms with E-state index in [4.69, 9.17) is 0 Å². The number of nitrogens with one attached hydrogen (secondary N) is 1. The number of aryl methyl sites for hydroxylation is 2. The minimum Gasteiger partial charge on any atom is -0.336 e. The van der Waals surface area contributed by atoms with Gasteiger partial charge in [0.2, 0.25) is 11.8 Å². The number of fused-ring (bicyclic) bond motifs is 1. The zero-order chi connectivity index (χ0) is 20.3. The van der Waals surface area contributed by atoms with Crippen LogP contribution in [-0.4, -0.2) is 55.6 Å². The van der Waals surface area contributed by atoms with Gasteiger partial charge in [0.1, 0.15) is 5.82 Å². The number of carbonyl (C=O) groups excluding carboxylic acids is 2. The number of hydrogen-bond acceptors (Lipinski definition) is 6. The first-order chi connectivity index (χ1) is 13.3. The van der Waals surface area contributed by atoms with Gasteiger partial charge in [-0.1, -0.05) is 11.8 Å². The van der Waals surface area contributed by atoms with Gasteiger partial charge in [-0.2, -0.15) is 0 Å². The van der Waals surface area contributed by atoms with Crippen molar-refractivity contribution in [3.05, 3.63) is 47.5 Å². The fourth-order valence-corrected chi connectivity index (χ4v) is 3.49. The lowest BCUT2D eigenvalue weighted by Gasteiger charge is -2.16. The smallest absolute Gasteiger partial charge is 0.256 e. The third kappa shape index (κ3) is 4.63. The van der Waals surface area contributed by atoms with Crippen LogP contribution >= 0.6 is 11.8 Å². The van der Waals surface area contributed by atoms with Crippen LogP contribution in [-0.2, 0) is 9.59 Å². The summed E-state index contributed by atoms with van der Waals surface area (Å²) in [5, 5.41) is 11.3. The average molecular weight is 402 g/mol. The highest BCUT2D eigenvalue weighted by Gasteiger charge is 2.16. The van der Waals surface area contributed by atoms with E-state index in [2.05, 4.69) is 20.5 Å². The van der Waals surface area contributed by atoms with Crippen LogP contribution in [0.25, 0.3) is 5.78 Å². The zero-order valence-electron chi connectivity index (χ0n) is 15.6. The first-order valence-corrected chi connectivity index (χ1v) is 9.43. The molecule has 0 unspecified atom stereocenters. The Bertz CT molecular complexity index is 1020. The highest BCUT2D eigenvalue weighted by molar-refractivity contribution is 7.99. The lowest BCUT2D eigenvalue weighted by atomic mass is 10.3. The highest BCUT2D eigenvalue weighted by atomic mass is 32.2. The molecule has 3 aromatic rings. The fraction of sp³-hybridized carbons (Fsp3) is 0.278. The standard InChI is InChI=1S/C18H19FN6O2S/c1-11-8-12(2)25-17(20-11)22-23-18(25)28-10-16(27)24(3)9-15(26)21-14-6-4-13(19)5-7-14/h4-8H,9-10H2,1-3H3,(H,21,26). The summed E-state index contributed by atoms with van der Waals surface area (Å²) in [6.07, 6.45) is 0. The van der Waals surface area contributed by atoms with E-state index < -0.39 is 0 Å². The second kappa shape index (κ2) is 8.34. The van der Waals surface area contributed by atoms with Gasteiger partial charge in [0.05, 0.1) is 12.3 Å². The van der Waals surface area contributed by atoms with Crippen molar-refractivity contribution in [1.29, 1.82) is 0 Å². The third-order valence-electron chi connectivity index (χ3n) is 3.92. The maximum Gasteiger partial charge on any atom is 0.256 e. The summed E-state index contributed by atoms with van der Waals surface area (Å²) >= 11 is 1.23. The van der Waals surface area contributed by atoms with Crippen molar-refractivity contribution < 1.29 is 14.0 Å². The molecule has 0 radical (unpaired) electrons. The average Bonchev–Trinajstić information content (AvgIpc) is 3.04. The van der Waals surface area contributed by atoms with E-state index in [1.807, 2.05) is 19.9 Å². The monoisotopic (exact) mass is 402 g/mol. The molecule has 0 aliphatic heterocycles. The number of likely N-dealkylation sites (N-methyl/N-ethyl adjacent to an activating group) is 1. The highest BCUT2D eigenvalue weighted by Crippen LogP contribution is 2.19. The number of carbonyl (C=O) groups is 2. The Morgan fingerprint density at radius 2 is 1.93 bits per heavy atom. The molecule has 0 aliphatic rings. The summed E-state index contributed by atoms with van der Waals surface area (Å²) < 4.78 is 14.7. The van der Waals surface area contributed by atoms with Crippen LogP contribution in [0.1, 0.15) is 11.4 Å². The minimum atomic E-state index is -0.385. The van der Waals surface area contributed by atoms with Gasteiger partial charge < -0.3 is 10.2 Å². The molecule has 2 aromatic heterocycles. The number of aromatic nitrogens is 4. The molecule has 8 nitrogen and oxygen atoms in total. The maximum absolute atomic E-state index is 12.9. The second-order valence-corrected chi connectivity index (χ2v) is 7.19. The molecular weight excluding hydrogens is 383 g/mol. The number of thioether (sulfide) groups is 1. The summed E-state index contributed by atoms with van der Waals surface area (Å²) in [6, 6.07) is 7.33. The summed E-state index contributed by atoms with van der Waals surface area (Å²) in [5.74, 6) is -0.387. The van der Waals surface area contributed by atoms with Crippen LogP contribution in [0.4, 0.5) is 10.1 Å². The summed E-state index contributed by atoms with van der Waals surface area (Å²) in [4.78, 5) is 30.0. The van der Waals surface area contributed by atoms with E-state index >= 15 is 0 Å². The van der Waals surface area contributed by atoms with Crippen LogP contribution in [0, 0.1) is 19.7 Å². The van der Waals surface area contributed by atoms with E-state index in [0.29, 0.717) is 16.6 Å².